The highest BCUT2D eigenvalue weighted by molar-refractivity contribution is 5.89. The Morgan fingerprint density at radius 1 is 1.19 bits per heavy atom. The van der Waals surface area contributed by atoms with Crippen molar-refractivity contribution < 1.29 is 15.8 Å². The van der Waals surface area contributed by atoms with Gasteiger partial charge >= 0.3 is 5.97 Å². The maximum Gasteiger partial charge on any atom is 0.302 e. The van der Waals surface area contributed by atoms with Crippen molar-refractivity contribution in [1.29, 1.82) is 0 Å². The summed E-state index contributed by atoms with van der Waals surface area (Å²) in [4.78, 5) is 21.7. The Morgan fingerprint density at radius 2 is 1.71 bits per heavy atom. The lowest BCUT2D eigenvalue weighted by atomic mass is 10.1. The molecule has 0 atom stereocenters. The van der Waals surface area contributed by atoms with Crippen LogP contribution in [0, 0.1) is 6.92 Å². The number of hydrogen-bond donors (Lipinski definition) is 1. The van der Waals surface area contributed by atoms with E-state index in [4.69, 9.17) is 4.74 Å². The van der Waals surface area contributed by atoms with E-state index in [9.17, 15) is 9.59 Å². The van der Waals surface area contributed by atoms with Gasteiger partial charge in [-0.05, 0) is 18.6 Å². The van der Waals surface area contributed by atoms with Gasteiger partial charge in [-0.1, -0.05) is 46.2 Å². The van der Waals surface area contributed by atoms with Crippen molar-refractivity contribution in [3.63, 3.8) is 0 Å². The van der Waals surface area contributed by atoms with Crippen LogP contribution < -0.4 is 5.32 Å². The minimum Gasteiger partial charge on any atom is -0.461 e. The normalized spacial score (nSPS) is 8.52. The van der Waals surface area contributed by atoms with E-state index in [1.54, 1.807) is 0 Å². The first-order valence-corrected chi connectivity index (χ1v) is 7.41. The summed E-state index contributed by atoms with van der Waals surface area (Å²) in [7, 11) is 0. The number of hydrogen-bond acceptors (Lipinski definition) is 3. The molecule has 0 bridgehead atoms. The molecule has 122 valence electrons. The van der Waals surface area contributed by atoms with Crippen LogP contribution in [0.15, 0.2) is 18.2 Å². The first-order chi connectivity index (χ1) is 9.90. The SMILES string of the molecule is CC.CC(=O)Nc1cc(C)ccc1COC(C)=O.CCC.[HH]. The van der Waals surface area contributed by atoms with Crippen LogP contribution in [0.4, 0.5) is 5.69 Å². The predicted octanol–water partition coefficient (Wildman–Crippen LogP) is 4.71. The van der Waals surface area contributed by atoms with Gasteiger partial charge in [-0.15, -0.1) is 0 Å². The van der Waals surface area contributed by atoms with Gasteiger partial charge in [0.1, 0.15) is 6.61 Å². The molecule has 4 nitrogen and oxygen atoms in total. The number of aryl methyl sites for hydroxylation is 1. The number of anilines is 1. The molecule has 0 saturated heterocycles. The molecule has 0 spiro atoms. The van der Waals surface area contributed by atoms with Crippen LogP contribution in [0.1, 0.15) is 60.5 Å². The summed E-state index contributed by atoms with van der Waals surface area (Å²) in [5.41, 5.74) is 2.51. The van der Waals surface area contributed by atoms with Crippen LogP contribution in [-0.2, 0) is 20.9 Å². The molecule has 21 heavy (non-hydrogen) atoms. The van der Waals surface area contributed by atoms with E-state index < -0.39 is 0 Å². The summed E-state index contributed by atoms with van der Waals surface area (Å²) in [6, 6.07) is 5.59. The average Bonchev–Trinajstić information content (AvgIpc) is 2.40. The zero-order valence-corrected chi connectivity index (χ0v) is 14.4. The van der Waals surface area contributed by atoms with E-state index in [0.717, 1.165) is 11.1 Å². The first kappa shape index (κ1) is 21.5. The molecule has 1 aromatic carbocycles. The number of carbonyl (C=O) groups excluding carboxylic acids is 2. The van der Waals surface area contributed by atoms with Gasteiger partial charge in [0.25, 0.3) is 0 Å². The van der Waals surface area contributed by atoms with Gasteiger partial charge < -0.3 is 10.1 Å². The number of carbonyl (C=O) groups is 2. The highest BCUT2D eigenvalue weighted by atomic mass is 16.5. The van der Waals surface area contributed by atoms with Crippen molar-refractivity contribution >= 4 is 17.6 Å². The Balaban J connectivity index is -0.000000536. The Kier molecular flexibility index (Phi) is 13.4. The molecule has 1 rings (SSSR count). The summed E-state index contributed by atoms with van der Waals surface area (Å²) in [5.74, 6) is -0.482. The molecule has 0 aromatic heterocycles. The van der Waals surface area contributed by atoms with Crippen molar-refractivity contribution in [2.45, 2.75) is 61.5 Å². The molecular formula is C17H31NO3. The van der Waals surface area contributed by atoms with Gasteiger partial charge in [0.2, 0.25) is 5.91 Å². The fourth-order valence-electron chi connectivity index (χ4n) is 1.30. The minimum atomic E-state index is -0.339. The summed E-state index contributed by atoms with van der Waals surface area (Å²) < 4.78 is 4.90. The standard InChI is InChI=1S/C12H15NO3.C3H8.C2H6.H2/c1-8-4-5-11(7-16-10(3)15)12(6-8)13-9(2)14;1-3-2;1-2;/h4-6H,7H2,1-3H3,(H,13,14);3H2,1-2H3;1-2H3;1H. The highest BCUT2D eigenvalue weighted by Gasteiger charge is 2.05. The van der Waals surface area contributed by atoms with Gasteiger partial charge in [-0.3, -0.25) is 9.59 Å². The third kappa shape index (κ3) is 11.7. The van der Waals surface area contributed by atoms with E-state index in [1.807, 2.05) is 39.0 Å². The van der Waals surface area contributed by atoms with Crippen molar-refractivity contribution in [2.24, 2.45) is 0 Å². The molecule has 4 heteroatoms. The van der Waals surface area contributed by atoms with Crippen LogP contribution in [0.25, 0.3) is 0 Å². The molecule has 0 heterocycles. The van der Waals surface area contributed by atoms with Crippen molar-refractivity contribution in [2.75, 3.05) is 5.32 Å². The Bertz CT molecular complexity index is 434. The number of nitrogens with one attached hydrogen (secondary N) is 1. The van der Waals surface area contributed by atoms with Crippen LogP contribution in [0.3, 0.4) is 0 Å². The third-order valence-electron chi connectivity index (χ3n) is 2.01. The molecule has 0 radical (unpaired) electrons. The number of benzene rings is 1. The number of rotatable bonds is 3. The van der Waals surface area contributed by atoms with Crippen molar-refractivity contribution in [3.05, 3.63) is 29.3 Å². The molecule has 0 saturated carbocycles. The fourth-order valence-corrected chi connectivity index (χ4v) is 1.30. The molecule has 1 amide bonds. The zero-order valence-electron chi connectivity index (χ0n) is 14.4. The monoisotopic (exact) mass is 297 g/mol. The quantitative estimate of drug-likeness (QED) is 0.822. The fraction of sp³-hybridized carbons (Fsp3) is 0.529. The summed E-state index contributed by atoms with van der Waals surface area (Å²) in [6.45, 7) is 13.1. The van der Waals surface area contributed by atoms with Gasteiger partial charge in [-0.2, -0.15) is 0 Å². The Hall–Kier alpha value is -1.84. The molecular weight excluding hydrogens is 266 g/mol. The lowest BCUT2D eigenvalue weighted by molar-refractivity contribution is -0.142. The number of amides is 1. The van der Waals surface area contributed by atoms with E-state index in [-0.39, 0.29) is 19.9 Å². The summed E-state index contributed by atoms with van der Waals surface area (Å²) in [6.07, 6.45) is 1.25. The Labute approximate surface area is 130 Å². The molecule has 0 aliphatic carbocycles. The second-order valence-corrected chi connectivity index (χ2v) is 4.33. The van der Waals surface area contributed by atoms with E-state index in [2.05, 4.69) is 19.2 Å². The largest absolute Gasteiger partial charge is 0.461 e. The molecule has 0 unspecified atom stereocenters. The van der Waals surface area contributed by atoms with Crippen molar-refractivity contribution in [3.8, 4) is 0 Å². The summed E-state index contributed by atoms with van der Waals surface area (Å²) in [5, 5.41) is 2.71. The maximum absolute atomic E-state index is 11.0. The van der Waals surface area contributed by atoms with Crippen LogP contribution >= 0.6 is 0 Å². The second kappa shape index (κ2) is 13.2. The molecule has 0 aliphatic heterocycles. The third-order valence-corrected chi connectivity index (χ3v) is 2.01. The predicted molar refractivity (Wildman–Crippen MR) is 90.4 cm³/mol. The molecule has 0 fully saturated rings. The Morgan fingerprint density at radius 3 is 2.14 bits per heavy atom. The van der Waals surface area contributed by atoms with Gasteiger partial charge in [0, 0.05) is 26.5 Å². The maximum atomic E-state index is 11.0. The lowest BCUT2D eigenvalue weighted by Gasteiger charge is -2.10. The van der Waals surface area contributed by atoms with Crippen LogP contribution in [0.2, 0.25) is 0 Å². The van der Waals surface area contributed by atoms with Crippen molar-refractivity contribution in [1.82, 2.24) is 0 Å². The van der Waals surface area contributed by atoms with E-state index >= 15 is 0 Å². The van der Waals surface area contributed by atoms with Crippen LogP contribution in [-0.4, -0.2) is 11.9 Å². The first-order valence-electron chi connectivity index (χ1n) is 7.41. The van der Waals surface area contributed by atoms with Gasteiger partial charge in [0.05, 0.1) is 0 Å². The molecule has 0 aliphatic rings. The number of esters is 1. The zero-order chi connectivity index (χ0) is 16.8. The second-order valence-electron chi connectivity index (χ2n) is 4.33. The minimum absolute atomic E-state index is 0. The lowest BCUT2D eigenvalue weighted by Crippen LogP contribution is -2.09. The average molecular weight is 297 g/mol. The topological polar surface area (TPSA) is 55.4 Å². The van der Waals surface area contributed by atoms with Gasteiger partial charge in [0.15, 0.2) is 0 Å². The number of ether oxygens (including phenoxy) is 1. The molecule has 1 aromatic rings. The van der Waals surface area contributed by atoms with Gasteiger partial charge in [-0.25, -0.2) is 0 Å². The van der Waals surface area contributed by atoms with E-state index in [0.29, 0.717) is 5.69 Å². The highest BCUT2D eigenvalue weighted by Crippen LogP contribution is 2.18. The molecule has 1 N–H and O–H groups in total. The smallest absolute Gasteiger partial charge is 0.302 e. The summed E-state index contributed by atoms with van der Waals surface area (Å²) >= 11 is 0. The van der Waals surface area contributed by atoms with E-state index in [1.165, 1.54) is 20.3 Å². The van der Waals surface area contributed by atoms with Crippen LogP contribution in [0.5, 0.6) is 0 Å².